The second-order valence-corrected chi connectivity index (χ2v) is 2.63. The molecule has 3 nitrogen and oxygen atoms in total. The molecule has 0 atom stereocenters. The van der Waals surface area contributed by atoms with Gasteiger partial charge in [-0.3, -0.25) is 0 Å². The van der Waals surface area contributed by atoms with Crippen LogP contribution in [0, 0.1) is 39.8 Å². The Hall–Kier alpha value is -2.64. The molecular formula is C11H4FN3. The van der Waals surface area contributed by atoms with Crippen LogP contribution in [0.25, 0.3) is 6.08 Å². The highest BCUT2D eigenvalue weighted by molar-refractivity contribution is 5.63. The van der Waals surface area contributed by atoms with Crippen LogP contribution in [-0.4, -0.2) is 0 Å². The van der Waals surface area contributed by atoms with Gasteiger partial charge in [-0.15, -0.1) is 0 Å². The van der Waals surface area contributed by atoms with E-state index in [1.165, 1.54) is 18.2 Å². The highest BCUT2D eigenvalue weighted by Crippen LogP contribution is 2.12. The summed E-state index contributed by atoms with van der Waals surface area (Å²) in [5.74, 6) is -0.620. The van der Waals surface area contributed by atoms with Gasteiger partial charge >= 0.3 is 0 Å². The van der Waals surface area contributed by atoms with Crippen LogP contribution in [0.15, 0.2) is 23.8 Å². The van der Waals surface area contributed by atoms with Gasteiger partial charge in [-0.1, -0.05) is 6.07 Å². The van der Waals surface area contributed by atoms with Gasteiger partial charge in [-0.2, -0.15) is 15.8 Å². The van der Waals surface area contributed by atoms with Crippen LogP contribution >= 0.6 is 0 Å². The van der Waals surface area contributed by atoms with Crippen LogP contribution in [0.4, 0.5) is 4.39 Å². The number of allylic oxidation sites excluding steroid dienone is 1. The van der Waals surface area contributed by atoms with Crippen molar-refractivity contribution in [2.24, 2.45) is 0 Å². The van der Waals surface area contributed by atoms with Gasteiger partial charge in [0.05, 0.1) is 5.56 Å². The maximum Gasteiger partial charge on any atom is 0.140 e. The third kappa shape index (κ3) is 2.40. The van der Waals surface area contributed by atoms with Gasteiger partial charge in [0.1, 0.15) is 29.6 Å². The highest BCUT2D eigenvalue weighted by atomic mass is 19.1. The first-order valence-corrected chi connectivity index (χ1v) is 3.93. The van der Waals surface area contributed by atoms with E-state index < -0.39 is 5.82 Å². The first-order chi connectivity index (χ1) is 7.21. The van der Waals surface area contributed by atoms with Crippen molar-refractivity contribution < 1.29 is 4.39 Å². The van der Waals surface area contributed by atoms with Crippen LogP contribution in [0.2, 0.25) is 0 Å². The van der Waals surface area contributed by atoms with Crippen LogP contribution < -0.4 is 0 Å². The number of nitrogens with zero attached hydrogens (tertiary/aromatic N) is 3. The molecule has 0 saturated heterocycles. The van der Waals surface area contributed by atoms with Gasteiger partial charge in [0.2, 0.25) is 0 Å². The molecule has 15 heavy (non-hydrogen) atoms. The number of nitriles is 3. The Balaban J connectivity index is 3.22. The first-order valence-electron chi connectivity index (χ1n) is 3.93. The number of halogens is 1. The Morgan fingerprint density at radius 2 is 1.87 bits per heavy atom. The van der Waals surface area contributed by atoms with Gasteiger partial charge in [-0.25, -0.2) is 4.39 Å². The monoisotopic (exact) mass is 197 g/mol. The van der Waals surface area contributed by atoms with Crippen molar-refractivity contribution in [3.05, 3.63) is 40.7 Å². The summed E-state index contributed by atoms with van der Waals surface area (Å²) in [5, 5.41) is 25.5. The molecule has 0 aliphatic rings. The van der Waals surface area contributed by atoms with E-state index in [9.17, 15) is 4.39 Å². The fourth-order valence-electron chi connectivity index (χ4n) is 0.975. The molecule has 0 aliphatic carbocycles. The van der Waals surface area contributed by atoms with Crippen molar-refractivity contribution in [3.63, 3.8) is 0 Å². The molecule has 4 heteroatoms. The lowest BCUT2D eigenvalue weighted by molar-refractivity contribution is 0.624. The normalized spacial score (nSPS) is 8.13. The van der Waals surface area contributed by atoms with Gasteiger partial charge in [0, 0.05) is 0 Å². The van der Waals surface area contributed by atoms with Crippen molar-refractivity contribution >= 4 is 6.08 Å². The summed E-state index contributed by atoms with van der Waals surface area (Å²) in [4.78, 5) is 0. The Morgan fingerprint density at radius 3 is 2.40 bits per heavy atom. The summed E-state index contributed by atoms with van der Waals surface area (Å²) in [6, 6.07) is 8.82. The molecule has 1 aromatic rings. The molecule has 0 amide bonds. The molecule has 0 N–H and O–H groups in total. The average Bonchev–Trinajstić information content (AvgIpc) is 2.28. The third-order valence-corrected chi connectivity index (χ3v) is 1.66. The smallest absolute Gasteiger partial charge is 0.140 e. The van der Waals surface area contributed by atoms with E-state index in [0.29, 0.717) is 5.56 Å². The predicted molar refractivity (Wildman–Crippen MR) is 50.3 cm³/mol. The van der Waals surface area contributed by atoms with Crippen molar-refractivity contribution in [2.45, 2.75) is 0 Å². The third-order valence-electron chi connectivity index (χ3n) is 1.66. The second-order valence-electron chi connectivity index (χ2n) is 2.63. The van der Waals surface area contributed by atoms with E-state index in [-0.39, 0.29) is 11.1 Å². The predicted octanol–water partition coefficient (Wildman–Crippen LogP) is 2.13. The average molecular weight is 197 g/mol. The van der Waals surface area contributed by atoms with E-state index in [2.05, 4.69) is 0 Å². The van der Waals surface area contributed by atoms with E-state index in [1.807, 2.05) is 0 Å². The van der Waals surface area contributed by atoms with Gasteiger partial charge in [-0.05, 0) is 23.8 Å². The van der Waals surface area contributed by atoms with Gasteiger partial charge in [0.25, 0.3) is 0 Å². The fourth-order valence-corrected chi connectivity index (χ4v) is 0.975. The standard InChI is InChI=1S/C11H4FN3/c12-11-2-1-8(4-10(11)7-15)3-9(5-13)6-14/h1-4H. The summed E-state index contributed by atoms with van der Waals surface area (Å²) < 4.78 is 12.9. The van der Waals surface area contributed by atoms with Gasteiger partial charge in [0.15, 0.2) is 0 Å². The quantitative estimate of drug-likeness (QED) is 0.647. The molecule has 0 spiro atoms. The van der Waals surface area contributed by atoms with E-state index >= 15 is 0 Å². The molecule has 0 aromatic heterocycles. The van der Waals surface area contributed by atoms with E-state index in [4.69, 9.17) is 15.8 Å². The molecule has 0 heterocycles. The fraction of sp³-hybridized carbons (Fsp3) is 0. The Labute approximate surface area is 85.9 Å². The highest BCUT2D eigenvalue weighted by Gasteiger charge is 2.01. The molecular weight excluding hydrogens is 193 g/mol. The lowest BCUT2D eigenvalue weighted by Crippen LogP contribution is -1.85. The van der Waals surface area contributed by atoms with Crippen LogP contribution in [0.5, 0.6) is 0 Å². The lowest BCUT2D eigenvalue weighted by atomic mass is 10.1. The number of hydrogen-bond donors (Lipinski definition) is 0. The largest absolute Gasteiger partial charge is 0.206 e. The summed E-state index contributed by atoms with van der Waals surface area (Å²) >= 11 is 0. The van der Waals surface area contributed by atoms with Crippen LogP contribution in [0.3, 0.4) is 0 Å². The summed E-state index contributed by atoms with van der Waals surface area (Å²) in [7, 11) is 0. The Kier molecular flexibility index (Phi) is 3.17. The van der Waals surface area contributed by atoms with E-state index in [1.54, 1.807) is 18.2 Å². The van der Waals surface area contributed by atoms with Crippen molar-refractivity contribution in [1.29, 1.82) is 15.8 Å². The summed E-state index contributed by atoms with van der Waals surface area (Å²) in [6.07, 6.45) is 1.29. The maximum absolute atomic E-state index is 12.9. The molecule has 1 aromatic carbocycles. The molecule has 0 unspecified atom stereocenters. The van der Waals surface area contributed by atoms with Gasteiger partial charge < -0.3 is 0 Å². The number of rotatable bonds is 1. The van der Waals surface area contributed by atoms with Crippen molar-refractivity contribution in [1.82, 2.24) is 0 Å². The van der Waals surface area contributed by atoms with Crippen molar-refractivity contribution in [2.75, 3.05) is 0 Å². The molecule has 1 rings (SSSR count). The molecule has 70 valence electrons. The lowest BCUT2D eigenvalue weighted by Gasteiger charge is -1.95. The molecule has 0 bridgehead atoms. The Morgan fingerprint density at radius 1 is 1.20 bits per heavy atom. The van der Waals surface area contributed by atoms with Crippen LogP contribution in [-0.2, 0) is 0 Å². The maximum atomic E-state index is 12.9. The zero-order chi connectivity index (χ0) is 11.3. The molecule has 0 saturated carbocycles. The second kappa shape index (κ2) is 4.56. The van der Waals surface area contributed by atoms with Crippen LogP contribution in [0.1, 0.15) is 11.1 Å². The van der Waals surface area contributed by atoms with Crippen molar-refractivity contribution in [3.8, 4) is 18.2 Å². The number of hydrogen-bond acceptors (Lipinski definition) is 3. The minimum atomic E-state index is -0.620. The van der Waals surface area contributed by atoms with E-state index in [0.717, 1.165) is 6.07 Å². The number of benzene rings is 1. The first kappa shape index (κ1) is 10.4. The molecule has 0 radical (unpaired) electrons. The SMILES string of the molecule is N#CC(C#N)=Cc1ccc(F)c(C#N)c1. The zero-order valence-corrected chi connectivity index (χ0v) is 7.53. The minimum Gasteiger partial charge on any atom is -0.206 e. The topological polar surface area (TPSA) is 71.4 Å². The molecule has 0 aliphatic heterocycles. The summed E-state index contributed by atoms with van der Waals surface area (Å²) in [5.41, 5.74) is 0.246. The zero-order valence-electron chi connectivity index (χ0n) is 7.53. The summed E-state index contributed by atoms with van der Waals surface area (Å²) in [6.45, 7) is 0. The minimum absolute atomic E-state index is 0.0921. The Bertz CT molecular complexity index is 522. The molecule has 0 fully saturated rings.